The maximum Gasteiger partial charge on any atom is 0.313 e. The number of nitrogens with one attached hydrogen (secondary N) is 1. The van der Waals surface area contributed by atoms with Gasteiger partial charge in [0, 0.05) is 12.5 Å². The molecule has 2 unspecified atom stereocenters. The molecule has 0 radical (unpaired) electrons. The van der Waals surface area contributed by atoms with Crippen molar-refractivity contribution >= 4 is 11.9 Å². The van der Waals surface area contributed by atoms with E-state index >= 15 is 0 Å². The standard InChI is InChI=1S/C16H21NO3/c1-3-20-16(19)14(10-13-8-9-15(18)17-13)12-6-4-11(2)5-7-12/h4-7,13-14H,3,8-10H2,1-2H3,(H,17,18). The largest absolute Gasteiger partial charge is 0.466 e. The molecule has 108 valence electrons. The van der Waals surface area contributed by atoms with Gasteiger partial charge < -0.3 is 10.1 Å². The molecule has 1 fully saturated rings. The minimum absolute atomic E-state index is 0.0678. The predicted octanol–water partition coefficient (Wildman–Crippen LogP) is 2.31. The highest BCUT2D eigenvalue weighted by Crippen LogP contribution is 2.26. The first kappa shape index (κ1) is 14.6. The van der Waals surface area contributed by atoms with E-state index in [1.54, 1.807) is 6.92 Å². The molecule has 1 aromatic carbocycles. The maximum absolute atomic E-state index is 12.2. The van der Waals surface area contributed by atoms with Crippen molar-refractivity contribution < 1.29 is 14.3 Å². The molecule has 4 heteroatoms. The van der Waals surface area contributed by atoms with Gasteiger partial charge in [0.15, 0.2) is 0 Å². The van der Waals surface area contributed by atoms with Crippen LogP contribution in [0.3, 0.4) is 0 Å². The molecular weight excluding hydrogens is 254 g/mol. The first-order valence-corrected chi connectivity index (χ1v) is 7.12. The van der Waals surface area contributed by atoms with Gasteiger partial charge in [-0.15, -0.1) is 0 Å². The van der Waals surface area contributed by atoms with Crippen LogP contribution in [0.4, 0.5) is 0 Å². The Labute approximate surface area is 119 Å². The third-order valence-electron chi connectivity index (χ3n) is 3.66. The number of aryl methyl sites for hydroxylation is 1. The Morgan fingerprint density at radius 3 is 2.65 bits per heavy atom. The molecule has 0 bridgehead atoms. The molecule has 1 aromatic rings. The molecule has 1 N–H and O–H groups in total. The lowest BCUT2D eigenvalue weighted by Gasteiger charge is -2.19. The fraction of sp³-hybridized carbons (Fsp3) is 0.500. The molecule has 2 atom stereocenters. The van der Waals surface area contributed by atoms with E-state index in [0.717, 1.165) is 17.5 Å². The summed E-state index contributed by atoms with van der Waals surface area (Å²) in [5.41, 5.74) is 2.11. The van der Waals surface area contributed by atoms with Crippen molar-refractivity contribution in [1.82, 2.24) is 5.32 Å². The van der Waals surface area contributed by atoms with Crippen LogP contribution in [0.2, 0.25) is 0 Å². The molecule has 0 aliphatic carbocycles. The Balaban J connectivity index is 2.13. The van der Waals surface area contributed by atoms with E-state index in [1.165, 1.54) is 0 Å². The minimum atomic E-state index is -0.307. The van der Waals surface area contributed by atoms with Crippen LogP contribution in [0.25, 0.3) is 0 Å². The van der Waals surface area contributed by atoms with E-state index in [0.29, 0.717) is 19.4 Å². The summed E-state index contributed by atoms with van der Waals surface area (Å²) in [6.45, 7) is 4.19. The van der Waals surface area contributed by atoms with Crippen molar-refractivity contribution in [2.75, 3.05) is 6.61 Å². The van der Waals surface area contributed by atoms with Crippen molar-refractivity contribution in [1.29, 1.82) is 0 Å². The van der Waals surface area contributed by atoms with Crippen molar-refractivity contribution in [3.8, 4) is 0 Å². The number of carbonyl (C=O) groups excluding carboxylic acids is 2. The first-order valence-electron chi connectivity index (χ1n) is 7.12. The zero-order chi connectivity index (χ0) is 14.5. The van der Waals surface area contributed by atoms with Gasteiger partial charge in [-0.05, 0) is 32.3 Å². The van der Waals surface area contributed by atoms with E-state index in [2.05, 4.69) is 5.32 Å². The molecule has 4 nitrogen and oxygen atoms in total. The molecule has 1 amide bonds. The van der Waals surface area contributed by atoms with Gasteiger partial charge in [-0.1, -0.05) is 29.8 Å². The number of carbonyl (C=O) groups is 2. The number of rotatable bonds is 5. The lowest BCUT2D eigenvalue weighted by Crippen LogP contribution is -2.30. The molecule has 0 saturated carbocycles. The second-order valence-electron chi connectivity index (χ2n) is 5.25. The van der Waals surface area contributed by atoms with Gasteiger partial charge in [-0.3, -0.25) is 9.59 Å². The van der Waals surface area contributed by atoms with E-state index in [-0.39, 0.29) is 23.8 Å². The maximum atomic E-state index is 12.2. The van der Waals surface area contributed by atoms with Gasteiger partial charge in [0.25, 0.3) is 0 Å². The zero-order valence-electron chi connectivity index (χ0n) is 12.0. The average molecular weight is 275 g/mol. The van der Waals surface area contributed by atoms with Crippen LogP contribution in [0.15, 0.2) is 24.3 Å². The van der Waals surface area contributed by atoms with Crippen molar-refractivity contribution in [3.63, 3.8) is 0 Å². The summed E-state index contributed by atoms with van der Waals surface area (Å²) < 4.78 is 5.17. The Morgan fingerprint density at radius 1 is 1.40 bits per heavy atom. The normalized spacial score (nSPS) is 19.5. The van der Waals surface area contributed by atoms with E-state index < -0.39 is 0 Å². The number of hydrogen-bond acceptors (Lipinski definition) is 3. The van der Waals surface area contributed by atoms with Crippen LogP contribution in [0.1, 0.15) is 43.2 Å². The number of amides is 1. The summed E-state index contributed by atoms with van der Waals surface area (Å²) in [7, 11) is 0. The van der Waals surface area contributed by atoms with Crippen molar-refractivity contribution in [2.24, 2.45) is 0 Å². The fourth-order valence-electron chi connectivity index (χ4n) is 2.55. The highest BCUT2D eigenvalue weighted by Gasteiger charge is 2.29. The van der Waals surface area contributed by atoms with Crippen LogP contribution < -0.4 is 5.32 Å². The molecular formula is C16H21NO3. The number of esters is 1. The quantitative estimate of drug-likeness (QED) is 0.839. The van der Waals surface area contributed by atoms with Crippen molar-refractivity contribution in [2.45, 2.75) is 45.1 Å². The second kappa shape index (κ2) is 6.55. The van der Waals surface area contributed by atoms with Crippen molar-refractivity contribution in [3.05, 3.63) is 35.4 Å². The zero-order valence-corrected chi connectivity index (χ0v) is 12.0. The topological polar surface area (TPSA) is 55.4 Å². The number of hydrogen-bond donors (Lipinski definition) is 1. The van der Waals surface area contributed by atoms with E-state index in [9.17, 15) is 9.59 Å². The van der Waals surface area contributed by atoms with Gasteiger partial charge >= 0.3 is 5.97 Å². The SMILES string of the molecule is CCOC(=O)C(CC1CCC(=O)N1)c1ccc(C)cc1. The highest BCUT2D eigenvalue weighted by molar-refractivity contribution is 5.80. The van der Waals surface area contributed by atoms with Crippen LogP contribution in [0, 0.1) is 6.92 Å². The van der Waals surface area contributed by atoms with E-state index in [4.69, 9.17) is 4.74 Å². The summed E-state index contributed by atoms with van der Waals surface area (Å²) in [6.07, 6.45) is 1.95. The van der Waals surface area contributed by atoms with Crippen LogP contribution in [-0.4, -0.2) is 24.5 Å². The Bertz CT molecular complexity index is 481. The van der Waals surface area contributed by atoms with Gasteiger partial charge in [-0.25, -0.2) is 0 Å². The van der Waals surface area contributed by atoms with Crippen LogP contribution in [0.5, 0.6) is 0 Å². The molecule has 1 aliphatic heterocycles. The minimum Gasteiger partial charge on any atom is -0.466 e. The summed E-state index contributed by atoms with van der Waals surface area (Å²) >= 11 is 0. The third kappa shape index (κ3) is 3.59. The molecule has 1 aliphatic rings. The Kier molecular flexibility index (Phi) is 4.77. The highest BCUT2D eigenvalue weighted by atomic mass is 16.5. The molecule has 1 heterocycles. The summed E-state index contributed by atoms with van der Waals surface area (Å²) in [6, 6.07) is 7.99. The monoisotopic (exact) mass is 275 g/mol. The Hall–Kier alpha value is -1.84. The molecule has 2 rings (SSSR count). The van der Waals surface area contributed by atoms with Crippen LogP contribution in [-0.2, 0) is 14.3 Å². The lowest BCUT2D eigenvalue weighted by molar-refractivity contribution is -0.145. The smallest absolute Gasteiger partial charge is 0.313 e. The van der Waals surface area contributed by atoms with Crippen LogP contribution >= 0.6 is 0 Å². The van der Waals surface area contributed by atoms with Gasteiger partial charge in [0.2, 0.25) is 5.91 Å². The molecule has 0 spiro atoms. The lowest BCUT2D eigenvalue weighted by atomic mass is 9.91. The molecule has 20 heavy (non-hydrogen) atoms. The average Bonchev–Trinajstić information content (AvgIpc) is 2.83. The number of ether oxygens (including phenoxy) is 1. The molecule has 1 saturated heterocycles. The number of benzene rings is 1. The van der Waals surface area contributed by atoms with Gasteiger partial charge in [0.05, 0.1) is 12.5 Å². The summed E-state index contributed by atoms with van der Waals surface area (Å²) in [5, 5.41) is 2.92. The Morgan fingerprint density at radius 2 is 2.10 bits per heavy atom. The predicted molar refractivity (Wildman–Crippen MR) is 76.3 cm³/mol. The van der Waals surface area contributed by atoms with E-state index in [1.807, 2.05) is 31.2 Å². The summed E-state index contributed by atoms with van der Waals surface area (Å²) in [5.74, 6) is -0.446. The third-order valence-corrected chi connectivity index (χ3v) is 3.66. The molecule has 0 aromatic heterocycles. The van der Waals surface area contributed by atoms with Gasteiger partial charge in [0.1, 0.15) is 0 Å². The fourth-order valence-corrected chi connectivity index (χ4v) is 2.55. The summed E-state index contributed by atoms with van der Waals surface area (Å²) in [4.78, 5) is 23.4. The van der Waals surface area contributed by atoms with Gasteiger partial charge in [-0.2, -0.15) is 0 Å². The second-order valence-corrected chi connectivity index (χ2v) is 5.25. The first-order chi connectivity index (χ1) is 9.60.